The molecule has 1 aliphatic heterocycles. The second-order valence-corrected chi connectivity index (χ2v) is 4.47. The Morgan fingerprint density at radius 1 is 1.00 bits per heavy atom. The largest absolute Gasteiger partial charge is 0.352 e. The number of benzene rings is 1. The molecule has 19 heavy (non-hydrogen) atoms. The number of nitrogens with one attached hydrogen (secondary N) is 1. The van der Waals surface area contributed by atoms with Crippen molar-refractivity contribution in [1.82, 2.24) is 15.3 Å². The third-order valence-corrected chi connectivity index (χ3v) is 3.21. The van der Waals surface area contributed by atoms with Crippen LogP contribution < -0.4 is 10.2 Å². The van der Waals surface area contributed by atoms with Gasteiger partial charge in [-0.15, -0.1) is 0 Å². The fourth-order valence-corrected chi connectivity index (χ4v) is 2.25. The molecule has 0 aliphatic carbocycles. The van der Waals surface area contributed by atoms with Gasteiger partial charge in [0.15, 0.2) is 5.82 Å². The van der Waals surface area contributed by atoms with Gasteiger partial charge in [-0.25, -0.2) is 9.37 Å². The maximum Gasteiger partial charge on any atom is 0.155 e. The van der Waals surface area contributed by atoms with Crippen LogP contribution in [0.25, 0.3) is 11.3 Å². The van der Waals surface area contributed by atoms with Crippen LogP contribution >= 0.6 is 0 Å². The van der Waals surface area contributed by atoms with Gasteiger partial charge in [-0.05, 0) is 24.3 Å². The summed E-state index contributed by atoms with van der Waals surface area (Å²) in [5.41, 5.74) is 1.70. The standard InChI is InChI=1S/C14H15FN4/c15-12-3-1-11(2-4-12)13-14(18-6-5-17-13)19-9-7-16-8-10-19/h1-6,16H,7-10H2. The van der Waals surface area contributed by atoms with Gasteiger partial charge in [0.1, 0.15) is 11.5 Å². The zero-order valence-corrected chi connectivity index (χ0v) is 10.5. The van der Waals surface area contributed by atoms with E-state index >= 15 is 0 Å². The average Bonchev–Trinajstić information content (AvgIpc) is 2.49. The fraction of sp³-hybridized carbons (Fsp3) is 0.286. The van der Waals surface area contributed by atoms with E-state index in [4.69, 9.17) is 0 Å². The summed E-state index contributed by atoms with van der Waals surface area (Å²) in [5, 5.41) is 3.31. The summed E-state index contributed by atoms with van der Waals surface area (Å²) in [6.07, 6.45) is 3.37. The second-order valence-electron chi connectivity index (χ2n) is 4.47. The van der Waals surface area contributed by atoms with Crippen LogP contribution in [0.3, 0.4) is 0 Å². The number of halogens is 1. The quantitative estimate of drug-likeness (QED) is 0.890. The lowest BCUT2D eigenvalue weighted by Gasteiger charge is -2.29. The first-order valence-electron chi connectivity index (χ1n) is 6.37. The minimum absolute atomic E-state index is 0.239. The average molecular weight is 258 g/mol. The van der Waals surface area contributed by atoms with Crippen molar-refractivity contribution < 1.29 is 4.39 Å². The molecule has 1 N–H and O–H groups in total. The first kappa shape index (κ1) is 12.0. The Hall–Kier alpha value is -2.01. The maximum absolute atomic E-state index is 13.0. The molecule has 1 saturated heterocycles. The van der Waals surface area contributed by atoms with E-state index in [9.17, 15) is 4.39 Å². The van der Waals surface area contributed by atoms with Gasteiger partial charge in [-0.1, -0.05) is 0 Å². The highest BCUT2D eigenvalue weighted by molar-refractivity contribution is 5.71. The number of hydrogen-bond donors (Lipinski definition) is 1. The Kier molecular flexibility index (Phi) is 3.37. The molecule has 0 amide bonds. The molecule has 0 spiro atoms. The highest BCUT2D eigenvalue weighted by Gasteiger charge is 2.17. The fourth-order valence-electron chi connectivity index (χ4n) is 2.25. The van der Waals surface area contributed by atoms with E-state index in [1.54, 1.807) is 24.5 Å². The Morgan fingerprint density at radius 3 is 2.42 bits per heavy atom. The molecule has 4 nitrogen and oxygen atoms in total. The maximum atomic E-state index is 13.0. The molecule has 0 saturated carbocycles. The van der Waals surface area contributed by atoms with Gasteiger partial charge in [-0.2, -0.15) is 0 Å². The Morgan fingerprint density at radius 2 is 1.68 bits per heavy atom. The van der Waals surface area contributed by atoms with Gasteiger partial charge in [0, 0.05) is 44.1 Å². The SMILES string of the molecule is Fc1ccc(-c2nccnc2N2CCNCC2)cc1. The van der Waals surface area contributed by atoms with Crippen molar-refractivity contribution in [3.05, 3.63) is 42.5 Å². The molecule has 2 heterocycles. The third-order valence-electron chi connectivity index (χ3n) is 3.21. The Balaban J connectivity index is 1.98. The predicted molar refractivity (Wildman–Crippen MR) is 72.5 cm³/mol. The molecule has 0 bridgehead atoms. The van der Waals surface area contributed by atoms with E-state index < -0.39 is 0 Å². The molecule has 1 aliphatic rings. The van der Waals surface area contributed by atoms with Crippen LogP contribution in [0.1, 0.15) is 0 Å². The van der Waals surface area contributed by atoms with Gasteiger partial charge in [0.2, 0.25) is 0 Å². The molecule has 0 atom stereocenters. The topological polar surface area (TPSA) is 41.1 Å². The van der Waals surface area contributed by atoms with Crippen molar-refractivity contribution >= 4 is 5.82 Å². The predicted octanol–water partition coefficient (Wildman–Crippen LogP) is 1.69. The van der Waals surface area contributed by atoms with Gasteiger partial charge in [0.25, 0.3) is 0 Å². The van der Waals surface area contributed by atoms with Gasteiger partial charge in [0.05, 0.1) is 0 Å². The van der Waals surface area contributed by atoms with Crippen molar-refractivity contribution in [3.63, 3.8) is 0 Å². The molecule has 2 aromatic rings. The van der Waals surface area contributed by atoms with Crippen molar-refractivity contribution in [2.24, 2.45) is 0 Å². The lowest BCUT2D eigenvalue weighted by molar-refractivity contribution is 0.585. The number of rotatable bonds is 2. The first-order chi connectivity index (χ1) is 9.34. The number of aromatic nitrogens is 2. The minimum Gasteiger partial charge on any atom is -0.352 e. The van der Waals surface area contributed by atoms with Gasteiger partial charge >= 0.3 is 0 Å². The van der Waals surface area contributed by atoms with E-state index in [0.717, 1.165) is 43.3 Å². The first-order valence-corrected chi connectivity index (χ1v) is 6.37. The van der Waals surface area contributed by atoms with Crippen LogP contribution in [0.4, 0.5) is 10.2 Å². The molecule has 1 fully saturated rings. The zero-order chi connectivity index (χ0) is 13.1. The van der Waals surface area contributed by atoms with E-state index in [1.807, 2.05) is 0 Å². The van der Waals surface area contributed by atoms with Crippen molar-refractivity contribution in [2.75, 3.05) is 31.1 Å². The molecule has 5 heteroatoms. The molecule has 0 unspecified atom stereocenters. The van der Waals surface area contributed by atoms with Gasteiger partial charge in [-0.3, -0.25) is 4.98 Å². The van der Waals surface area contributed by atoms with E-state index in [2.05, 4.69) is 20.2 Å². The number of piperazine rings is 1. The summed E-state index contributed by atoms with van der Waals surface area (Å²) >= 11 is 0. The van der Waals surface area contributed by atoms with Crippen LogP contribution in [-0.4, -0.2) is 36.1 Å². The monoisotopic (exact) mass is 258 g/mol. The molecular weight excluding hydrogens is 243 g/mol. The third kappa shape index (κ3) is 2.56. The second kappa shape index (κ2) is 5.32. The number of anilines is 1. The van der Waals surface area contributed by atoms with Gasteiger partial charge < -0.3 is 10.2 Å². The smallest absolute Gasteiger partial charge is 0.155 e. The Bertz CT molecular complexity index is 550. The molecule has 98 valence electrons. The summed E-state index contributed by atoms with van der Waals surface area (Å²) in [6.45, 7) is 3.71. The number of nitrogens with zero attached hydrogens (tertiary/aromatic N) is 3. The molecule has 1 aromatic heterocycles. The summed E-state index contributed by atoms with van der Waals surface area (Å²) in [5.74, 6) is 0.631. The number of hydrogen-bond acceptors (Lipinski definition) is 4. The van der Waals surface area contributed by atoms with Crippen molar-refractivity contribution in [2.45, 2.75) is 0 Å². The highest BCUT2D eigenvalue weighted by atomic mass is 19.1. The van der Waals surface area contributed by atoms with Crippen LogP contribution in [0, 0.1) is 5.82 Å². The molecule has 0 radical (unpaired) electrons. The van der Waals surface area contributed by atoms with E-state index in [-0.39, 0.29) is 5.82 Å². The van der Waals surface area contributed by atoms with Crippen LogP contribution in [-0.2, 0) is 0 Å². The van der Waals surface area contributed by atoms with Crippen molar-refractivity contribution in [3.8, 4) is 11.3 Å². The Labute approximate surface area is 111 Å². The summed E-state index contributed by atoms with van der Waals surface area (Å²) in [6, 6.07) is 6.38. The van der Waals surface area contributed by atoms with E-state index in [1.165, 1.54) is 12.1 Å². The summed E-state index contributed by atoms with van der Waals surface area (Å²) in [7, 11) is 0. The van der Waals surface area contributed by atoms with E-state index in [0.29, 0.717) is 0 Å². The molecule has 1 aromatic carbocycles. The summed E-state index contributed by atoms with van der Waals surface area (Å²) < 4.78 is 13.0. The normalized spacial score (nSPS) is 15.5. The molecule has 3 rings (SSSR count). The van der Waals surface area contributed by atoms with Crippen LogP contribution in [0.2, 0.25) is 0 Å². The summed E-state index contributed by atoms with van der Waals surface area (Å²) in [4.78, 5) is 11.1. The minimum atomic E-state index is -0.239. The zero-order valence-electron chi connectivity index (χ0n) is 10.5. The lowest BCUT2D eigenvalue weighted by atomic mass is 10.1. The lowest BCUT2D eigenvalue weighted by Crippen LogP contribution is -2.44. The highest BCUT2D eigenvalue weighted by Crippen LogP contribution is 2.26. The van der Waals surface area contributed by atoms with Crippen LogP contribution in [0.5, 0.6) is 0 Å². The molecular formula is C14H15FN4. The van der Waals surface area contributed by atoms with Crippen molar-refractivity contribution in [1.29, 1.82) is 0 Å². The van der Waals surface area contributed by atoms with Crippen LogP contribution in [0.15, 0.2) is 36.7 Å².